The Morgan fingerprint density at radius 1 is 1.44 bits per heavy atom. The molecule has 0 saturated heterocycles. The number of nitrogens with zero attached hydrogens (tertiary/aromatic N) is 1. The van der Waals surface area contributed by atoms with Crippen molar-refractivity contribution in [2.45, 2.75) is 13.8 Å². The van der Waals surface area contributed by atoms with Gasteiger partial charge in [0, 0.05) is 6.20 Å². The average molecular weight is 254 g/mol. The summed E-state index contributed by atoms with van der Waals surface area (Å²) in [6.45, 7) is 3.75. The minimum Gasteiger partial charge on any atom is -0.477 e. The van der Waals surface area contributed by atoms with Gasteiger partial charge in [0.05, 0.1) is 20.4 Å². The maximum absolute atomic E-state index is 10.9. The fraction of sp³-hybridized carbons (Fsp3) is 0.200. The first-order valence-corrected chi connectivity index (χ1v) is 6.19. The number of hydrogen-bond acceptors (Lipinski definition) is 5. The van der Waals surface area contributed by atoms with E-state index in [9.17, 15) is 4.79 Å². The number of carbonyl (C=O) groups is 1. The molecular formula is C10H10N2O2S2. The van der Waals surface area contributed by atoms with E-state index in [1.54, 1.807) is 6.20 Å². The van der Waals surface area contributed by atoms with E-state index >= 15 is 0 Å². The third kappa shape index (κ3) is 1.70. The van der Waals surface area contributed by atoms with Gasteiger partial charge in [0.15, 0.2) is 0 Å². The minimum atomic E-state index is -0.974. The van der Waals surface area contributed by atoms with Crippen LogP contribution in [0.4, 0.5) is 5.69 Å². The molecule has 16 heavy (non-hydrogen) atoms. The Morgan fingerprint density at radius 3 is 2.56 bits per heavy atom. The SMILES string of the molecule is Cc1ncc(-c2sc(C(=O)O)c(N)c2C)s1. The first-order valence-electron chi connectivity index (χ1n) is 4.55. The summed E-state index contributed by atoms with van der Waals surface area (Å²) in [5, 5.41) is 9.93. The van der Waals surface area contributed by atoms with Crippen LogP contribution in [-0.2, 0) is 0 Å². The molecule has 2 rings (SSSR count). The van der Waals surface area contributed by atoms with Gasteiger partial charge in [-0.1, -0.05) is 0 Å². The summed E-state index contributed by atoms with van der Waals surface area (Å²) in [5.41, 5.74) is 6.95. The van der Waals surface area contributed by atoms with Crippen molar-refractivity contribution >= 4 is 34.3 Å². The van der Waals surface area contributed by atoms with Crippen molar-refractivity contribution in [2.75, 3.05) is 5.73 Å². The fourth-order valence-corrected chi connectivity index (χ4v) is 3.38. The van der Waals surface area contributed by atoms with Crippen LogP contribution < -0.4 is 5.73 Å². The molecule has 0 amide bonds. The van der Waals surface area contributed by atoms with Crippen LogP contribution in [-0.4, -0.2) is 16.1 Å². The molecule has 0 saturated carbocycles. The minimum absolute atomic E-state index is 0.207. The van der Waals surface area contributed by atoms with Crippen molar-refractivity contribution in [3.8, 4) is 9.75 Å². The predicted molar refractivity (Wildman–Crippen MR) is 66.3 cm³/mol. The van der Waals surface area contributed by atoms with Crippen LogP contribution in [0.2, 0.25) is 0 Å². The normalized spacial score (nSPS) is 10.6. The van der Waals surface area contributed by atoms with Gasteiger partial charge >= 0.3 is 5.97 Å². The zero-order valence-electron chi connectivity index (χ0n) is 8.77. The second-order valence-electron chi connectivity index (χ2n) is 3.35. The number of aryl methyl sites for hydroxylation is 1. The van der Waals surface area contributed by atoms with E-state index in [2.05, 4.69) is 4.98 Å². The molecular weight excluding hydrogens is 244 g/mol. The van der Waals surface area contributed by atoms with Gasteiger partial charge in [-0.2, -0.15) is 0 Å². The highest BCUT2D eigenvalue weighted by molar-refractivity contribution is 7.23. The Bertz CT molecular complexity index is 557. The van der Waals surface area contributed by atoms with Gasteiger partial charge in [0.1, 0.15) is 4.88 Å². The largest absolute Gasteiger partial charge is 0.477 e. The van der Waals surface area contributed by atoms with Gasteiger partial charge in [-0.3, -0.25) is 0 Å². The summed E-state index contributed by atoms with van der Waals surface area (Å²) >= 11 is 2.75. The molecule has 0 aliphatic carbocycles. The van der Waals surface area contributed by atoms with Crippen LogP contribution in [0.15, 0.2) is 6.20 Å². The number of nitrogens with two attached hydrogens (primary N) is 1. The molecule has 6 heteroatoms. The van der Waals surface area contributed by atoms with Crippen LogP contribution in [0.1, 0.15) is 20.2 Å². The Morgan fingerprint density at radius 2 is 2.12 bits per heavy atom. The number of rotatable bonds is 2. The highest BCUT2D eigenvalue weighted by atomic mass is 32.1. The predicted octanol–water partition coefficient (Wildman–Crippen LogP) is 2.77. The first-order chi connectivity index (χ1) is 7.50. The Balaban J connectivity index is 2.58. The molecule has 0 aliphatic rings. The second-order valence-corrected chi connectivity index (χ2v) is 5.60. The third-order valence-corrected chi connectivity index (χ3v) is 4.62. The summed E-state index contributed by atoms with van der Waals surface area (Å²) in [7, 11) is 0. The van der Waals surface area contributed by atoms with E-state index in [1.807, 2.05) is 13.8 Å². The summed E-state index contributed by atoms with van der Waals surface area (Å²) in [5.74, 6) is -0.974. The third-order valence-electron chi connectivity index (χ3n) is 2.23. The second kappa shape index (κ2) is 3.88. The number of anilines is 1. The van der Waals surface area contributed by atoms with E-state index in [4.69, 9.17) is 10.8 Å². The molecule has 0 spiro atoms. The summed E-state index contributed by atoms with van der Waals surface area (Å²) in [6, 6.07) is 0. The van der Waals surface area contributed by atoms with Crippen molar-refractivity contribution in [1.29, 1.82) is 0 Å². The molecule has 0 aromatic carbocycles. The number of thiophene rings is 1. The number of aromatic nitrogens is 1. The molecule has 2 aromatic rings. The molecule has 0 bridgehead atoms. The lowest BCUT2D eigenvalue weighted by atomic mass is 10.2. The van der Waals surface area contributed by atoms with Crippen LogP contribution in [0, 0.1) is 13.8 Å². The van der Waals surface area contributed by atoms with E-state index in [0.29, 0.717) is 5.69 Å². The fourth-order valence-electron chi connectivity index (χ4n) is 1.39. The lowest BCUT2D eigenvalue weighted by molar-refractivity contribution is 0.0703. The van der Waals surface area contributed by atoms with E-state index in [1.165, 1.54) is 22.7 Å². The van der Waals surface area contributed by atoms with Gasteiger partial charge in [-0.15, -0.1) is 22.7 Å². The van der Waals surface area contributed by atoms with Gasteiger partial charge in [0.2, 0.25) is 0 Å². The van der Waals surface area contributed by atoms with Crippen LogP contribution in [0.5, 0.6) is 0 Å². The van der Waals surface area contributed by atoms with Crippen LogP contribution in [0.25, 0.3) is 9.75 Å². The average Bonchev–Trinajstić information content (AvgIpc) is 2.74. The van der Waals surface area contributed by atoms with Crippen molar-refractivity contribution in [1.82, 2.24) is 4.98 Å². The molecule has 3 N–H and O–H groups in total. The molecule has 0 aliphatic heterocycles. The van der Waals surface area contributed by atoms with E-state index < -0.39 is 5.97 Å². The molecule has 84 valence electrons. The van der Waals surface area contributed by atoms with E-state index in [-0.39, 0.29) is 4.88 Å². The molecule has 4 nitrogen and oxygen atoms in total. The highest BCUT2D eigenvalue weighted by Gasteiger charge is 2.19. The number of carboxylic acid groups (broad SMARTS) is 1. The summed E-state index contributed by atoms with van der Waals surface area (Å²) in [4.78, 5) is 17.2. The Hall–Kier alpha value is -1.40. The maximum atomic E-state index is 10.9. The van der Waals surface area contributed by atoms with Gasteiger partial charge in [0.25, 0.3) is 0 Å². The lowest BCUT2D eigenvalue weighted by Crippen LogP contribution is -1.97. The topological polar surface area (TPSA) is 76.2 Å². The number of carboxylic acids is 1. The number of thiazole rings is 1. The first kappa shape index (κ1) is 11.1. The van der Waals surface area contributed by atoms with Crippen molar-refractivity contribution in [3.63, 3.8) is 0 Å². The number of aromatic carboxylic acids is 1. The van der Waals surface area contributed by atoms with Gasteiger partial charge in [-0.25, -0.2) is 9.78 Å². The number of nitrogen functional groups attached to an aromatic ring is 1. The van der Waals surface area contributed by atoms with Crippen LogP contribution in [0.3, 0.4) is 0 Å². The van der Waals surface area contributed by atoms with Crippen molar-refractivity contribution < 1.29 is 9.90 Å². The smallest absolute Gasteiger partial charge is 0.348 e. The summed E-state index contributed by atoms with van der Waals surface area (Å²) in [6.07, 6.45) is 1.75. The quantitative estimate of drug-likeness (QED) is 0.864. The van der Waals surface area contributed by atoms with Gasteiger partial charge < -0.3 is 10.8 Å². The molecule has 0 fully saturated rings. The Labute approximate surface area is 100 Å². The Kier molecular flexibility index (Phi) is 2.69. The molecule has 2 heterocycles. The lowest BCUT2D eigenvalue weighted by Gasteiger charge is -1.94. The van der Waals surface area contributed by atoms with E-state index in [0.717, 1.165) is 20.3 Å². The molecule has 0 unspecified atom stereocenters. The molecule has 0 radical (unpaired) electrons. The highest BCUT2D eigenvalue weighted by Crippen LogP contribution is 2.40. The van der Waals surface area contributed by atoms with Gasteiger partial charge in [-0.05, 0) is 19.4 Å². The van der Waals surface area contributed by atoms with Crippen molar-refractivity contribution in [2.24, 2.45) is 0 Å². The zero-order valence-corrected chi connectivity index (χ0v) is 10.4. The molecule has 0 atom stereocenters. The standard InChI is InChI=1S/C10H10N2O2S2/c1-4-7(11)9(10(13)14)16-8(4)6-3-12-5(2)15-6/h3H,11H2,1-2H3,(H,13,14). The zero-order chi connectivity index (χ0) is 11.9. The molecule has 2 aromatic heterocycles. The monoisotopic (exact) mass is 254 g/mol. The van der Waals surface area contributed by atoms with Crippen molar-refractivity contribution in [3.05, 3.63) is 21.6 Å². The number of hydrogen-bond donors (Lipinski definition) is 2. The maximum Gasteiger partial charge on any atom is 0.348 e. The summed E-state index contributed by atoms with van der Waals surface area (Å²) < 4.78 is 0. The van der Waals surface area contributed by atoms with Crippen LogP contribution >= 0.6 is 22.7 Å².